The van der Waals surface area contributed by atoms with Gasteiger partial charge in [-0.25, -0.2) is 0 Å². The van der Waals surface area contributed by atoms with Crippen molar-refractivity contribution in [3.8, 4) is 0 Å². The van der Waals surface area contributed by atoms with Crippen molar-refractivity contribution in [1.82, 2.24) is 4.37 Å². The zero-order chi connectivity index (χ0) is 10.3. The van der Waals surface area contributed by atoms with E-state index in [1.165, 1.54) is 11.5 Å². The molecule has 0 aliphatic rings. The van der Waals surface area contributed by atoms with Gasteiger partial charge in [-0.3, -0.25) is 9.17 Å². The molecule has 1 N–H and O–H groups in total. The van der Waals surface area contributed by atoms with Crippen LogP contribution in [0.3, 0.4) is 0 Å². The second kappa shape index (κ2) is 2.95. The lowest BCUT2D eigenvalue weighted by Gasteiger charge is -2.19. The van der Waals surface area contributed by atoms with Gasteiger partial charge in [0.25, 0.3) is 5.56 Å². The zero-order valence-electron chi connectivity index (χ0n) is 8.55. The summed E-state index contributed by atoms with van der Waals surface area (Å²) in [5, 5.41) is 0.852. The van der Waals surface area contributed by atoms with E-state index in [0.29, 0.717) is 0 Å². The van der Waals surface area contributed by atoms with E-state index in [4.69, 9.17) is 0 Å². The van der Waals surface area contributed by atoms with Crippen LogP contribution in [-0.2, 0) is 5.41 Å². The van der Waals surface area contributed by atoms with Crippen LogP contribution in [0, 0.1) is 0 Å². The molecule has 1 aromatic carbocycles. The molecule has 2 nitrogen and oxygen atoms in total. The summed E-state index contributed by atoms with van der Waals surface area (Å²) in [7, 11) is 0. The summed E-state index contributed by atoms with van der Waals surface area (Å²) in [6.07, 6.45) is 0. The van der Waals surface area contributed by atoms with Crippen LogP contribution in [0.15, 0.2) is 23.0 Å². The Morgan fingerprint density at radius 2 is 2.00 bits per heavy atom. The van der Waals surface area contributed by atoms with Crippen molar-refractivity contribution in [2.75, 3.05) is 0 Å². The molecule has 0 saturated heterocycles. The lowest BCUT2D eigenvalue weighted by molar-refractivity contribution is 0.595. The van der Waals surface area contributed by atoms with Crippen LogP contribution in [0.1, 0.15) is 26.3 Å². The van der Waals surface area contributed by atoms with E-state index >= 15 is 0 Å². The van der Waals surface area contributed by atoms with Crippen LogP contribution >= 0.6 is 11.5 Å². The zero-order valence-corrected chi connectivity index (χ0v) is 9.37. The van der Waals surface area contributed by atoms with Gasteiger partial charge in [0, 0.05) is 0 Å². The van der Waals surface area contributed by atoms with Crippen LogP contribution in [0.5, 0.6) is 0 Å². The number of H-pyrrole nitrogens is 1. The van der Waals surface area contributed by atoms with Gasteiger partial charge in [0.05, 0.1) is 10.1 Å². The Morgan fingerprint density at radius 1 is 1.29 bits per heavy atom. The highest BCUT2D eigenvalue weighted by Crippen LogP contribution is 2.28. The van der Waals surface area contributed by atoms with E-state index in [1.807, 2.05) is 18.2 Å². The average molecular weight is 207 g/mol. The summed E-state index contributed by atoms with van der Waals surface area (Å²) in [4.78, 5) is 11.6. The molecular formula is C11H13NOS. The summed E-state index contributed by atoms with van der Waals surface area (Å²) in [6.45, 7) is 6.37. The molecule has 3 heteroatoms. The molecule has 0 bridgehead atoms. The topological polar surface area (TPSA) is 32.9 Å². The van der Waals surface area contributed by atoms with Crippen LogP contribution in [-0.4, -0.2) is 4.37 Å². The van der Waals surface area contributed by atoms with Gasteiger partial charge in [-0.2, -0.15) is 0 Å². The van der Waals surface area contributed by atoms with Gasteiger partial charge in [0.1, 0.15) is 0 Å². The van der Waals surface area contributed by atoms with Gasteiger partial charge in [0.15, 0.2) is 0 Å². The number of nitrogens with one attached hydrogen (secondary N) is 1. The average Bonchev–Trinajstić information content (AvgIpc) is 2.46. The molecule has 1 aromatic heterocycles. The summed E-state index contributed by atoms with van der Waals surface area (Å²) in [5.74, 6) is 0. The van der Waals surface area contributed by atoms with Gasteiger partial charge >= 0.3 is 0 Å². The fourth-order valence-corrected chi connectivity index (χ4v) is 2.38. The van der Waals surface area contributed by atoms with E-state index in [1.54, 1.807) is 0 Å². The monoisotopic (exact) mass is 207 g/mol. The van der Waals surface area contributed by atoms with E-state index < -0.39 is 0 Å². The van der Waals surface area contributed by atoms with Crippen molar-refractivity contribution in [2.45, 2.75) is 26.2 Å². The molecule has 0 unspecified atom stereocenters. The summed E-state index contributed by atoms with van der Waals surface area (Å²) < 4.78 is 3.82. The van der Waals surface area contributed by atoms with Gasteiger partial charge in [-0.15, -0.1) is 0 Å². The third-order valence-electron chi connectivity index (χ3n) is 2.31. The summed E-state index contributed by atoms with van der Waals surface area (Å²) >= 11 is 1.41. The molecule has 74 valence electrons. The minimum Gasteiger partial charge on any atom is -0.277 e. The first kappa shape index (κ1) is 9.46. The largest absolute Gasteiger partial charge is 0.277 e. The Labute approximate surface area is 86.7 Å². The highest BCUT2D eigenvalue weighted by molar-refractivity contribution is 7.13. The number of hydrogen-bond donors (Lipinski definition) is 1. The molecule has 0 fully saturated rings. The van der Waals surface area contributed by atoms with E-state index in [-0.39, 0.29) is 11.0 Å². The van der Waals surface area contributed by atoms with E-state index in [9.17, 15) is 4.79 Å². The third-order valence-corrected chi connectivity index (χ3v) is 3.16. The first-order valence-electron chi connectivity index (χ1n) is 4.61. The quantitative estimate of drug-likeness (QED) is 0.708. The van der Waals surface area contributed by atoms with Crippen molar-refractivity contribution < 1.29 is 0 Å². The number of aromatic amines is 1. The Hall–Kier alpha value is -1.09. The first-order chi connectivity index (χ1) is 6.50. The van der Waals surface area contributed by atoms with Gasteiger partial charge < -0.3 is 0 Å². The number of hydrogen-bond acceptors (Lipinski definition) is 2. The fraction of sp³-hybridized carbons (Fsp3) is 0.364. The highest BCUT2D eigenvalue weighted by Gasteiger charge is 2.18. The fourth-order valence-electron chi connectivity index (χ4n) is 1.63. The molecule has 0 atom stereocenters. The second-order valence-electron chi connectivity index (χ2n) is 4.46. The number of benzene rings is 1. The maximum Gasteiger partial charge on any atom is 0.266 e. The van der Waals surface area contributed by atoms with Crippen LogP contribution in [0.2, 0.25) is 0 Å². The Morgan fingerprint density at radius 3 is 2.64 bits per heavy atom. The van der Waals surface area contributed by atoms with Crippen LogP contribution < -0.4 is 5.56 Å². The van der Waals surface area contributed by atoms with Crippen molar-refractivity contribution in [2.24, 2.45) is 0 Å². The van der Waals surface area contributed by atoms with Crippen LogP contribution in [0.4, 0.5) is 0 Å². The number of aromatic nitrogens is 1. The summed E-state index contributed by atoms with van der Waals surface area (Å²) in [5.41, 5.74) is 1.18. The Bertz CT molecular complexity index is 516. The lowest BCUT2D eigenvalue weighted by Crippen LogP contribution is -2.14. The third kappa shape index (κ3) is 1.38. The lowest BCUT2D eigenvalue weighted by atomic mass is 9.85. The molecule has 0 amide bonds. The molecular weight excluding hydrogens is 194 g/mol. The maximum atomic E-state index is 11.6. The SMILES string of the molecule is CC(C)(C)c1cccc2s[nH]c(=O)c12. The Kier molecular flexibility index (Phi) is 2.00. The van der Waals surface area contributed by atoms with E-state index in [2.05, 4.69) is 25.1 Å². The molecule has 2 rings (SSSR count). The normalized spacial score (nSPS) is 12.2. The van der Waals surface area contributed by atoms with E-state index in [0.717, 1.165) is 15.6 Å². The van der Waals surface area contributed by atoms with Gasteiger partial charge in [-0.1, -0.05) is 44.4 Å². The van der Waals surface area contributed by atoms with Crippen molar-refractivity contribution >= 4 is 21.6 Å². The van der Waals surface area contributed by atoms with Gasteiger partial charge in [0.2, 0.25) is 0 Å². The van der Waals surface area contributed by atoms with Crippen LogP contribution in [0.25, 0.3) is 10.1 Å². The highest BCUT2D eigenvalue weighted by atomic mass is 32.1. The van der Waals surface area contributed by atoms with Gasteiger partial charge in [-0.05, 0) is 17.0 Å². The molecule has 0 radical (unpaired) electrons. The molecule has 2 aromatic rings. The molecule has 14 heavy (non-hydrogen) atoms. The standard InChI is InChI=1S/C11H13NOS/c1-11(2,3)7-5-4-6-8-9(7)10(13)12-14-8/h4-6H,1-3H3,(H,12,13). The number of fused-ring (bicyclic) bond motifs is 1. The number of rotatable bonds is 0. The minimum atomic E-state index is 0.0214. The predicted molar refractivity (Wildman–Crippen MR) is 61.1 cm³/mol. The Balaban J connectivity index is 2.89. The van der Waals surface area contributed by atoms with Crippen molar-refractivity contribution in [3.05, 3.63) is 34.1 Å². The second-order valence-corrected chi connectivity index (χ2v) is 5.31. The summed E-state index contributed by atoms with van der Waals surface area (Å²) in [6, 6.07) is 6.02. The van der Waals surface area contributed by atoms with Crippen molar-refractivity contribution in [1.29, 1.82) is 0 Å². The smallest absolute Gasteiger partial charge is 0.266 e. The van der Waals surface area contributed by atoms with Crippen molar-refractivity contribution in [3.63, 3.8) is 0 Å². The minimum absolute atomic E-state index is 0.0214. The molecule has 1 heterocycles. The first-order valence-corrected chi connectivity index (χ1v) is 5.42. The molecule has 0 saturated carbocycles. The molecule has 0 aliphatic carbocycles. The molecule has 0 spiro atoms. The molecule has 0 aliphatic heterocycles. The predicted octanol–water partition coefficient (Wildman–Crippen LogP) is 2.89. The maximum absolute atomic E-state index is 11.6.